The number of carbonyl (C=O) groups is 1. The molecule has 0 saturated carbocycles. The van der Waals surface area contributed by atoms with Gasteiger partial charge in [-0.15, -0.1) is 0 Å². The molecule has 0 bridgehead atoms. The molecule has 5 heteroatoms. The number of benzene rings is 2. The molecule has 1 amide bonds. The van der Waals surface area contributed by atoms with Crippen LogP contribution in [0.2, 0.25) is 5.02 Å². The number of halogens is 2. The summed E-state index contributed by atoms with van der Waals surface area (Å²) in [5, 5.41) is 5.86. The maximum Gasteiger partial charge on any atom is 0.256 e. The van der Waals surface area contributed by atoms with Crippen LogP contribution in [0.3, 0.4) is 0 Å². The summed E-state index contributed by atoms with van der Waals surface area (Å²) in [6.07, 6.45) is 0.789. The lowest BCUT2D eigenvalue weighted by Gasteiger charge is -2.20. The molecule has 108 valence electrons. The third kappa shape index (κ3) is 2.77. The summed E-state index contributed by atoms with van der Waals surface area (Å²) in [5.41, 5.74) is 2.82. The van der Waals surface area contributed by atoms with Crippen LogP contribution in [0, 0.1) is 5.82 Å². The summed E-state index contributed by atoms with van der Waals surface area (Å²) in [6, 6.07) is 10.2. The van der Waals surface area contributed by atoms with Gasteiger partial charge in [-0.1, -0.05) is 29.8 Å². The van der Waals surface area contributed by atoms with Crippen LogP contribution in [0.15, 0.2) is 36.4 Å². The van der Waals surface area contributed by atoms with Crippen molar-refractivity contribution in [3.8, 4) is 0 Å². The van der Waals surface area contributed by atoms with Crippen molar-refractivity contribution in [1.82, 2.24) is 5.32 Å². The molecule has 21 heavy (non-hydrogen) atoms. The topological polar surface area (TPSA) is 41.1 Å². The number of nitrogens with one attached hydrogen (secondary N) is 2. The quantitative estimate of drug-likeness (QED) is 0.893. The summed E-state index contributed by atoms with van der Waals surface area (Å²) in [4.78, 5) is 12.4. The number of amides is 1. The fourth-order valence-electron chi connectivity index (χ4n) is 2.53. The minimum absolute atomic E-state index is 0.00732. The van der Waals surface area contributed by atoms with Crippen molar-refractivity contribution in [2.24, 2.45) is 0 Å². The monoisotopic (exact) mass is 304 g/mol. The number of anilines is 1. The van der Waals surface area contributed by atoms with E-state index in [2.05, 4.69) is 10.6 Å². The van der Waals surface area contributed by atoms with Gasteiger partial charge in [0.1, 0.15) is 0 Å². The second kappa shape index (κ2) is 5.84. The van der Waals surface area contributed by atoms with E-state index in [1.165, 1.54) is 12.1 Å². The first-order valence-corrected chi connectivity index (χ1v) is 7.11. The molecule has 1 aliphatic heterocycles. The molecule has 0 atom stereocenters. The molecular formula is C16H14ClFN2O. The first kappa shape index (κ1) is 14.0. The van der Waals surface area contributed by atoms with E-state index in [0.29, 0.717) is 5.56 Å². The Hall–Kier alpha value is -1.91. The van der Waals surface area contributed by atoms with Gasteiger partial charge in [0.05, 0.1) is 10.7 Å². The Bertz CT molecular complexity index is 703. The van der Waals surface area contributed by atoms with Gasteiger partial charge in [-0.2, -0.15) is 0 Å². The van der Waals surface area contributed by atoms with Gasteiger partial charge < -0.3 is 10.6 Å². The van der Waals surface area contributed by atoms with Crippen LogP contribution in [0.4, 0.5) is 10.1 Å². The molecule has 2 aromatic rings. The minimum Gasteiger partial charge on any atom is -0.319 e. The predicted octanol–water partition coefficient (Wildman–Crippen LogP) is 3.38. The molecule has 3 nitrogen and oxygen atoms in total. The molecule has 2 aromatic carbocycles. The summed E-state index contributed by atoms with van der Waals surface area (Å²) in [5.74, 6) is -0.922. The molecule has 0 radical (unpaired) electrons. The van der Waals surface area contributed by atoms with Gasteiger partial charge >= 0.3 is 0 Å². The minimum atomic E-state index is -0.612. The SMILES string of the molecule is O=C(Nc1cccc(Cl)c1F)c1cccc2c1CCNC2. The van der Waals surface area contributed by atoms with Crippen molar-refractivity contribution < 1.29 is 9.18 Å². The number of hydrogen-bond donors (Lipinski definition) is 2. The number of rotatable bonds is 2. The van der Waals surface area contributed by atoms with Gasteiger partial charge in [-0.25, -0.2) is 4.39 Å². The molecule has 0 aliphatic carbocycles. The van der Waals surface area contributed by atoms with Gasteiger partial charge in [-0.3, -0.25) is 4.79 Å². The lowest BCUT2D eigenvalue weighted by atomic mass is 9.95. The number of fused-ring (bicyclic) bond motifs is 1. The Labute approximate surface area is 127 Å². The first-order valence-electron chi connectivity index (χ1n) is 6.73. The highest BCUT2D eigenvalue weighted by Crippen LogP contribution is 2.24. The van der Waals surface area contributed by atoms with Crippen LogP contribution >= 0.6 is 11.6 Å². The normalized spacial score (nSPS) is 13.6. The summed E-state index contributed by atoms with van der Waals surface area (Å²) in [7, 11) is 0. The van der Waals surface area contributed by atoms with Gasteiger partial charge in [0.2, 0.25) is 0 Å². The third-order valence-electron chi connectivity index (χ3n) is 3.58. The Morgan fingerprint density at radius 3 is 2.90 bits per heavy atom. The smallest absolute Gasteiger partial charge is 0.256 e. The highest BCUT2D eigenvalue weighted by atomic mass is 35.5. The molecule has 0 aromatic heterocycles. The van der Waals surface area contributed by atoms with Crippen LogP contribution in [-0.4, -0.2) is 12.5 Å². The van der Waals surface area contributed by atoms with Gasteiger partial charge in [0, 0.05) is 12.1 Å². The average Bonchev–Trinajstić information content (AvgIpc) is 2.51. The van der Waals surface area contributed by atoms with Crippen LogP contribution in [-0.2, 0) is 13.0 Å². The van der Waals surface area contributed by atoms with Crippen molar-refractivity contribution in [1.29, 1.82) is 0 Å². The second-order valence-electron chi connectivity index (χ2n) is 4.93. The maximum absolute atomic E-state index is 13.9. The zero-order valence-corrected chi connectivity index (χ0v) is 12.0. The molecule has 2 N–H and O–H groups in total. The molecule has 3 rings (SSSR count). The van der Waals surface area contributed by atoms with Crippen LogP contribution in [0.1, 0.15) is 21.5 Å². The lowest BCUT2D eigenvalue weighted by Crippen LogP contribution is -2.26. The predicted molar refractivity (Wildman–Crippen MR) is 81.2 cm³/mol. The van der Waals surface area contributed by atoms with Crippen molar-refractivity contribution in [2.75, 3.05) is 11.9 Å². The molecule has 0 spiro atoms. The second-order valence-corrected chi connectivity index (χ2v) is 5.33. The molecule has 1 heterocycles. The largest absolute Gasteiger partial charge is 0.319 e. The third-order valence-corrected chi connectivity index (χ3v) is 3.88. The Morgan fingerprint density at radius 1 is 1.24 bits per heavy atom. The average molecular weight is 305 g/mol. The number of hydrogen-bond acceptors (Lipinski definition) is 2. The van der Waals surface area contributed by atoms with Crippen molar-refractivity contribution in [3.05, 3.63) is 63.9 Å². The zero-order valence-electron chi connectivity index (χ0n) is 11.2. The van der Waals surface area contributed by atoms with E-state index in [9.17, 15) is 9.18 Å². The van der Waals surface area contributed by atoms with Crippen molar-refractivity contribution in [3.63, 3.8) is 0 Å². The first-order chi connectivity index (χ1) is 10.2. The molecule has 0 fully saturated rings. The van der Waals surface area contributed by atoms with Gasteiger partial charge in [-0.05, 0) is 42.3 Å². The molecule has 1 aliphatic rings. The standard InChI is InChI=1S/C16H14ClFN2O/c17-13-5-2-6-14(15(13)18)20-16(21)12-4-1-3-10-9-19-8-7-11(10)12/h1-6,19H,7-9H2,(H,20,21). The van der Waals surface area contributed by atoms with E-state index in [1.807, 2.05) is 12.1 Å². The Morgan fingerprint density at radius 2 is 2.05 bits per heavy atom. The van der Waals surface area contributed by atoms with Crippen LogP contribution in [0.25, 0.3) is 0 Å². The highest BCUT2D eigenvalue weighted by molar-refractivity contribution is 6.31. The summed E-state index contributed by atoms with van der Waals surface area (Å²) < 4.78 is 13.9. The fourth-order valence-corrected chi connectivity index (χ4v) is 2.71. The van der Waals surface area contributed by atoms with E-state index in [0.717, 1.165) is 30.6 Å². The van der Waals surface area contributed by atoms with E-state index in [1.54, 1.807) is 12.1 Å². The molecule has 0 saturated heterocycles. The highest BCUT2D eigenvalue weighted by Gasteiger charge is 2.18. The molecular weight excluding hydrogens is 291 g/mol. The summed E-state index contributed by atoms with van der Waals surface area (Å²) in [6.45, 7) is 1.59. The van der Waals surface area contributed by atoms with Gasteiger partial charge in [0.15, 0.2) is 5.82 Å². The summed E-state index contributed by atoms with van der Waals surface area (Å²) >= 11 is 5.72. The zero-order chi connectivity index (χ0) is 14.8. The van der Waals surface area contributed by atoms with Gasteiger partial charge in [0.25, 0.3) is 5.91 Å². The van der Waals surface area contributed by atoms with Crippen molar-refractivity contribution >= 4 is 23.2 Å². The lowest BCUT2D eigenvalue weighted by molar-refractivity contribution is 0.102. The Kier molecular flexibility index (Phi) is 3.90. The van der Waals surface area contributed by atoms with E-state index in [4.69, 9.17) is 11.6 Å². The van der Waals surface area contributed by atoms with Crippen molar-refractivity contribution in [2.45, 2.75) is 13.0 Å². The maximum atomic E-state index is 13.9. The van der Waals surface area contributed by atoms with Crippen LogP contribution in [0.5, 0.6) is 0 Å². The molecule has 0 unspecified atom stereocenters. The van der Waals surface area contributed by atoms with Crippen LogP contribution < -0.4 is 10.6 Å². The van der Waals surface area contributed by atoms with E-state index in [-0.39, 0.29) is 16.6 Å². The Balaban J connectivity index is 1.91. The van der Waals surface area contributed by atoms with E-state index >= 15 is 0 Å². The van der Waals surface area contributed by atoms with E-state index < -0.39 is 5.82 Å². The number of carbonyl (C=O) groups excluding carboxylic acids is 1. The fraction of sp³-hybridized carbons (Fsp3) is 0.188.